The van der Waals surface area contributed by atoms with Gasteiger partial charge in [-0.25, -0.2) is 0 Å². The highest BCUT2D eigenvalue weighted by Crippen LogP contribution is 2.37. The van der Waals surface area contributed by atoms with Crippen molar-refractivity contribution < 1.29 is 4.79 Å². The Hall–Kier alpha value is -1.85. The number of hydrogen-bond acceptors (Lipinski definition) is 6. The highest BCUT2D eigenvalue weighted by molar-refractivity contribution is 7.99. The van der Waals surface area contributed by atoms with Gasteiger partial charge in [-0.15, -0.1) is 21.5 Å². The van der Waals surface area contributed by atoms with E-state index in [-0.39, 0.29) is 17.7 Å². The van der Waals surface area contributed by atoms with Crippen LogP contribution in [0, 0.1) is 11.3 Å². The molecule has 0 saturated carbocycles. The van der Waals surface area contributed by atoms with E-state index in [4.69, 9.17) is 0 Å². The molecule has 0 aliphatic heterocycles. The van der Waals surface area contributed by atoms with Crippen LogP contribution in [0.15, 0.2) is 5.16 Å². The number of thiophene rings is 1. The summed E-state index contributed by atoms with van der Waals surface area (Å²) < 4.78 is 2.08. The van der Waals surface area contributed by atoms with Crippen molar-refractivity contribution in [2.24, 2.45) is 0 Å². The molecule has 3 rings (SSSR count). The average Bonchev–Trinajstić information content (AvgIpc) is 3.13. The standard InChI is InChI=1S/C19H25N5OS2/c1-4-16-22-23-19(24(16)12(2)3)26-11-17(25)21-18-14(10-20)13-8-6-5-7-9-15(13)27-18/h12H,4-9,11H2,1-3H3,(H,21,25). The molecule has 144 valence electrons. The van der Waals surface area contributed by atoms with E-state index in [2.05, 4.69) is 40.0 Å². The number of carbonyl (C=O) groups excluding carboxylic acids is 1. The van der Waals surface area contributed by atoms with Crippen LogP contribution in [-0.4, -0.2) is 26.4 Å². The second kappa shape index (κ2) is 8.89. The number of thioether (sulfide) groups is 1. The second-order valence-electron chi connectivity index (χ2n) is 6.93. The molecule has 6 nitrogen and oxygen atoms in total. The van der Waals surface area contributed by atoms with Crippen LogP contribution in [0.2, 0.25) is 0 Å². The summed E-state index contributed by atoms with van der Waals surface area (Å²) in [5, 5.41) is 22.5. The van der Waals surface area contributed by atoms with E-state index in [0.29, 0.717) is 10.6 Å². The van der Waals surface area contributed by atoms with Gasteiger partial charge in [0.05, 0.1) is 11.3 Å². The summed E-state index contributed by atoms with van der Waals surface area (Å²) in [6, 6.07) is 2.56. The van der Waals surface area contributed by atoms with Crippen LogP contribution in [0.1, 0.15) is 67.9 Å². The van der Waals surface area contributed by atoms with Crippen molar-refractivity contribution >= 4 is 34.0 Å². The largest absolute Gasteiger partial charge is 0.316 e. The first kappa shape index (κ1) is 19.9. The van der Waals surface area contributed by atoms with Gasteiger partial charge in [-0.2, -0.15) is 5.26 Å². The first-order valence-corrected chi connectivity index (χ1v) is 11.3. The lowest BCUT2D eigenvalue weighted by Gasteiger charge is -2.12. The lowest BCUT2D eigenvalue weighted by molar-refractivity contribution is -0.113. The molecule has 0 saturated heterocycles. The van der Waals surface area contributed by atoms with Gasteiger partial charge in [0.25, 0.3) is 0 Å². The Kier molecular flexibility index (Phi) is 6.55. The molecule has 2 heterocycles. The maximum absolute atomic E-state index is 12.5. The van der Waals surface area contributed by atoms with Crippen molar-refractivity contribution in [2.45, 2.75) is 70.5 Å². The van der Waals surface area contributed by atoms with E-state index in [1.807, 2.05) is 6.92 Å². The number of hydrogen-bond donors (Lipinski definition) is 1. The summed E-state index contributed by atoms with van der Waals surface area (Å²) in [4.78, 5) is 13.8. The van der Waals surface area contributed by atoms with Crippen LogP contribution in [0.5, 0.6) is 0 Å². The topological polar surface area (TPSA) is 83.6 Å². The summed E-state index contributed by atoms with van der Waals surface area (Å²) >= 11 is 2.96. The number of nitrogens with one attached hydrogen (secondary N) is 1. The second-order valence-corrected chi connectivity index (χ2v) is 8.98. The SMILES string of the molecule is CCc1nnc(SCC(=O)Nc2sc3c(c2C#N)CCCCC3)n1C(C)C. The van der Waals surface area contributed by atoms with E-state index >= 15 is 0 Å². The van der Waals surface area contributed by atoms with Gasteiger partial charge < -0.3 is 9.88 Å². The van der Waals surface area contributed by atoms with Gasteiger partial charge in [-0.05, 0) is 45.1 Å². The normalized spacial score (nSPS) is 13.9. The molecule has 2 aromatic heterocycles. The molecule has 1 N–H and O–H groups in total. The fourth-order valence-electron chi connectivity index (χ4n) is 3.41. The molecule has 1 aliphatic carbocycles. The molecule has 0 bridgehead atoms. The molecule has 0 aromatic carbocycles. The number of nitriles is 1. The van der Waals surface area contributed by atoms with E-state index in [9.17, 15) is 10.1 Å². The molecule has 0 fully saturated rings. The Labute approximate surface area is 168 Å². The number of nitrogens with zero attached hydrogens (tertiary/aromatic N) is 4. The smallest absolute Gasteiger partial charge is 0.235 e. The minimum Gasteiger partial charge on any atom is -0.316 e. The van der Waals surface area contributed by atoms with E-state index < -0.39 is 0 Å². The van der Waals surface area contributed by atoms with Crippen LogP contribution in [0.4, 0.5) is 5.00 Å². The number of amides is 1. The summed E-state index contributed by atoms with van der Waals surface area (Å²) in [5.41, 5.74) is 1.81. The number of carbonyl (C=O) groups is 1. The van der Waals surface area contributed by atoms with Gasteiger partial charge in [0.1, 0.15) is 16.9 Å². The van der Waals surface area contributed by atoms with Crippen LogP contribution >= 0.6 is 23.1 Å². The minimum atomic E-state index is -0.107. The van der Waals surface area contributed by atoms with Crippen LogP contribution in [0.25, 0.3) is 0 Å². The van der Waals surface area contributed by atoms with Crippen molar-refractivity contribution in [3.05, 3.63) is 21.8 Å². The third kappa shape index (κ3) is 4.36. The third-order valence-corrected chi connectivity index (χ3v) is 6.84. The molecule has 8 heteroatoms. The zero-order valence-corrected chi connectivity index (χ0v) is 17.7. The maximum Gasteiger partial charge on any atom is 0.235 e. The van der Waals surface area contributed by atoms with Crippen molar-refractivity contribution in [1.29, 1.82) is 5.26 Å². The zero-order chi connectivity index (χ0) is 19.4. The Morgan fingerprint density at radius 3 is 2.81 bits per heavy atom. The molecule has 0 radical (unpaired) electrons. The minimum absolute atomic E-state index is 0.107. The lowest BCUT2D eigenvalue weighted by atomic mass is 10.1. The van der Waals surface area contributed by atoms with Gasteiger partial charge in [0.15, 0.2) is 5.16 Å². The van der Waals surface area contributed by atoms with Gasteiger partial charge in [0, 0.05) is 17.3 Å². The van der Waals surface area contributed by atoms with E-state index in [1.165, 1.54) is 23.1 Å². The van der Waals surface area contributed by atoms with Crippen LogP contribution in [0.3, 0.4) is 0 Å². The Morgan fingerprint density at radius 2 is 2.11 bits per heavy atom. The fraction of sp³-hybridized carbons (Fsp3) is 0.579. The predicted molar refractivity (Wildman–Crippen MR) is 109 cm³/mol. The number of fused-ring (bicyclic) bond motifs is 1. The van der Waals surface area contributed by atoms with Crippen LogP contribution in [-0.2, 0) is 24.1 Å². The van der Waals surface area contributed by atoms with Gasteiger partial charge in [-0.3, -0.25) is 4.79 Å². The van der Waals surface area contributed by atoms with Gasteiger partial charge in [0.2, 0.25) is 5.91 Å². The van der Waals surface area contributed by atoms with E-state index in [0.717, 1.165) is 48.6 Å². The Balaban J connectivity index is 1.69. The van der Waals surface area contributed by atoms with Gasteiger partial charge >= 0.3 is 0 Å². The maximum atomic E-state index is 12.5. The molecular formula is C19H25N5OS2. The molecule has 1 aliphatic rings. The molecule has 0 unspecified atom stereocenters. The number of rotatable bonds is 6. The quantitative estimate of drug-likeness (QED) is 0.572. The van der Waals surface area contributed by atoms with Crippen molar-refractivity contribution in [3.63, 3.8) is 0 Å². The first-order valence-electron chi connectivity index (χ1n) is 9.46. The Bertz CT molecular complexity index is 862. The molecule has 0 atom stereocenters. The monoisotopic (exact) mass is 403 g/mol. The number of aromatic nitrogens is 3. The molecule has 0 spiro atoms. The summed E-state index contributed by atoms with van der Waals surface area (Å²) in [6.07, 6.45) is 6.25. The zero-order valence-electron chi connectivity index (χ0n) is 16.0. The predicted octanol–water partition coefficient (Wildman–Crippen LogP) is 4.35. The highest BCUT2D eigenvalue weighted by atomic mass is 32.2. The van der Waals surface area contributed by atoms with Gasteiger partial charge in [-0.1, -0.05) is 25.1 Å². The highest BCUT2D eigenvalue weighted by Gasteiger charge is 2.21. The molecular weight excluding hydrogens is 378 g/mol. The average molecular weight is 404 g/mol. The van der Waals surface area contributed by atoms with Crippen molar-refractivity contribution in [2.75, 3.05) is 11.1 Å². The summed E-state index contributed by atoms with van der Waals surface area (Å²) in [7, 11) is 0. The van der Waals surface area contributed by atoms with Crippen molar-refractivity contribution in [1.82, 2.24) is 14.8 Å². The molecule has 27 heavy (non-hydrogen) atoms. The molecule has 2 aromatic rings. The van der Waals surface area contributed by atoms with Crippen LogP contribution < -0.4 is 5.32 Å². The third-order valence-electron chi connectivity index (χ3n) is 4.69. The van der Waals surface area contributed by atoms with E-state index in [1.54, 1.807) is 11.3 Å². The summed E-state index contributed by atoms with van der Waals surface area (Å²) in [6.45, 7) is 6.23. The first-order chi connectivity index (χ1) is 13.0. The van der Waals surface area contributed by atoms with Crippen molar-refractivity contribution in [3.8, 4) is 6.07 Å². The number of aryl methyl sites for hydroxylation is 2. The summed E-state index contributed by atoms with van der Waals surface area (Å²) in [5.74, 6) is 1.08. The molecule has 1 amide bonds. The lowest BCUT2D eigenvalue weighted by Crippen LogP contribution is -2.15. The Morgan fingerprint density at radius 1 is 1.33 bits per heavy atom. The number of anilines is 1. The fourth-order valence-corrected chi connectivity index (χ4v) is 5.55.